The zero-order chi connectivity index (χ0) is 20.9. The van der Waals surface area contributed by atoms with Crippen LogP contribution in [0.1, 0.15) is 12.0 Å². The number of likely N-dealkylation sites (tertiary alicyclic amines) is 1. The maximum absolute atomic E-state index is 12.4. The number of esters is 1. The lowest BCUT2D eigenvalue weighted by Gasteiger charge is -2.16. The van der Waals surface area contributed by atoms with Crippen molar-refractivity contribution in [1.29, 1.82) is 0 Å². The second-order valence-electron chi connectivity index (χ2n) is 7.34. The molecule has 0 unspecified atom stereocenters. The van der Waals surface area contributed by atoms with Gasteiger partial charge in [0.15, 0.2) is 6.61 Å². The largest absolute Gasteiger partial charge is 0.455 e. The lowest BCUT2D eigenvalue weighted by molar-refractivity contribution is -0.151. The number of hydrogen-bond acceptors (Lipinski definition) is 4. The molecule has 1 aliphatic heterocycles. The average Bonchev–Trinajstić information content (AvgIpc) is 3.13. The summed E-state index contributed by atoms with van der Waals surface area (Å²) in [6.45, 7) is 0.383. The molecule has 152 valence electrons. The number of hydrogen-bond donors (Lipinski definition) is 1. The molecule has 2 amide bonds. The van der Waals surface area contributed by atoms with Crippen LogP contribution < -0.4 is 5.32 Å². The van der Waals surface area contributed by atoms with Crippen molar-refractivity contribution in [2.24, 2.45) is 5.92 Å². The topological polar surface area (TPSA) is 75.7 Å². The fraction of sp³-hybridized carbons (Fsp3) is 0.208. The van der Waals surface area contributed by atoms with Crippen LogP contribution in [-0.2, 0) is 25.7 Å². The third-order valence-electron chi connectivity index (χ3n) is 5.17. The number of ether oxygens (including phenoxy) is 1. The van der Waals surface area contributed by atoms with Crippen LogP contribution in [0, 0.1) is 5.92 Å². The van der Waals surface area contributed by atoms with Crippen LogP contribution in [0.4, 0.5) is 5.69 Å². The quantitative estimate of drug-likeness (QED) is 0.642. The molecule has 3 aromatic rings. The molecule has 0 saturated carbocycles. The van der Waals surface area contributed by atoms with Gasteiger partial charge in [0.1, 0.15) is 0 Å². The number of nitrogens with one attached hydrogen (secondary N) is 1. The zero-order valence-corrected chi connectivity index (χ0v) is 16.4. The predicted molar refractivity (Wildman–Crippen MR) is 114 cm³/mol. The summed E-state index contributed by atoms with van der Waals surface area (Å²) >= 11 is 0. The van der Waals surface area contributed by atoms with Crippen molar-refractivity contribution in [3.8, 4) is 0 Å². The van der Waals surface area contributed by atoms with E-state index in [1.807, 2.05) is 66.7 Å². The van der Waals surface area contributed by atoms with Crippen molar-refractivity contribution in [2.75, 3.05) is 18.5 Å². The van der Waals surface area contributed by atoms with E-state index in [0.717, 1.165) is 16.3 Å². The van der Waals surface area contributed by atoms with Gasteiger partial charge in [0, 0.05) is 30.6 Å². The fourth-order valence-electron chi connectivity index (χ4n) is 3.66. The van der Waals surface area contributed by atoms with Crippen LogP contribution in [0.15, 0.2) is 72.8 Å². The Bertz CT molecular complexity index is 1080. The Morgan fingerprint density at radius 3 is 2.53 bits per heavy atom. The highest BCUT2D eigenvalue weighted by Crippen LogP contribution is 2.23. The van der Waals surface area contributed by atoms with Crippen molar-refractivity contribution >= 4 is 34.2 Å². The molecule has 1 heterocycles. The fourth-order valence-corrected chi connectivity index (χ4v) is 3.66. The highest BCUT2D eigenvalue weighted by atomic mass is 16.5. The summed E-state index contributed by atoms with van der Waals surface area (Å²) in [5.74, 6) is -1.57. The van der Waals surface area contributed by atoms with Gasteiger partial charge in [-0.3, -0.25) is 14.4 Å². The van der Waals surface area contributed by atoms with Crippen LogP contribution in [0.25, 0.3) is 10.8 Å². The lowest BCUT2D eigenvalue weighted by atomic mass is 10.1. The molecule has 0 aliphatic carbocycles. The van der Waals surface area contributed by atoms with Gasteiger partial charge in [0.25, 0.3) is 5.91 Å². The third kappa shape index (κ3) is 4.49. The van der Waals surface area contributed by atoms with Crippen molar-refractivity contribution in [1.82, 2.24) is 4.90 Å². The highest BCUT2D eigenvalue weighted by molar-refractivity contribution is 6.02. The van der Waals surface area contributed by atoms with E-state index < -0.39 is 17.8 Å². The van der Waals surface area contributed by atoms with Gasteiger partial charge in [-0.25, -0.2) is 0 Å². The van der Waals surface area contributed by atoms with E-state index in [1.54, 1.807) is 11.0 Å². The molecule has 1 atom stereocenters. The zero-order valence-electron chi connectivity index (χ0n) is 16.4. The normalized spacial score (nSPS) is 15.9. The van der Waals surface area contributed by atoms with Gasteiger partial charge in [0.05, 0.1) is 5.92 Å². The van der Waals surface area contributed by atoms with E-state index in [4.69, 9.17) is 4.74 Å². The number of rotatable bonds is 6. The van der Waals surface area contributed by atoms with Gasteiger partial charge in [0.2, 0.25) is 5.91 Å². The first-order valence-electron chi connectivity index (χ1n) is 9.86. The SMILES string of the molecule is O=C(COC(=O)[C@@H]1CC(=O)N(Cc2ccccc2)C1)Nc1cccc2ccccc12. The summed E-state index contributed by atoms with van der Waals surface area (Å²) in [7, 11) is 0. The first-order chi connectivity index (χ1) is 14.6. The maximum Gasteiger partial charge on any atom is 0.311 e. The van der Waals surface area contributed by atoms with Crippen LogP contribution in [0.2, 0.25) is 0 Å². The molecule has 1 aliphatic rings. The summed E-state index contributed by atoms with van der Waals surface area (Å²) in [4.78, 5) is 38.5. The number of anilines is 1. The van der Waals surface area contributed by atoms with E-state index >= 15 is 0 Å². The molecule has 0 radical (unpaired) electrons. The molecule has 1 saturated heterocycles. The summed E-state index contributed by atoms with van der Waals surface area (Å²) in [6.07, 6.45) is 0.108. The minimum absolute atomic E-state index is 0.0824. The molecule has 0 bridgehead atoms. The maximum atomic E-state index is 12.4. The molecule has 0 aromatic heterocycles. The molecule has 30 heavy (non-hydrogen) atoms. The van der Waals surface area contributed by atoms with Gasteiger partial charge >= 0.3 is 5.97 Å². The van der Waals surface area contributed by atoms with Crippen LogP contribution in [0.5, 0.6) is 0 Å². The van der Waals surface area contributed by atoms with Gasteiger partial charge in [-0.15, -0.1) is 0 Å². The van der Waals surface area contributed by atoms with Crippen LogP contribution >= 0.6 is 0 Å². The highest BCUT2D eigenvalue weighted by Gasteiger charge is 2.35. The minimum Gasteiger partial charge on any atom is -0.455 e. The lowest BCUT2D eigenvalue weighted by Crippen LogP contribution is -2.28. The Morgan fingerprint density at radius 1 is 0.967 bits per heavy atom. The van der Waals surface area contributed by atoms with Crippen molar-refractivity contribution in [3.63, 3.8) is 0 Å². The molecule has 1 N–H and O–H groups in total. The summed E-state index contributed by atoms with van der Waals surface area (Å²) in [6, 6.07) is 23.0. The number of benzene rings is 3. The molecule has 6 heteroatoms. The smallest absolute Gasteiger partial charge is 0.311 e. The van der Waals surface area contributed by atoms with Gasteiger partial charge < -0.3 is 15.0 Å². The second-order valence-corrected chi connectivity index (χ2v) is 7.34. The molecule has 6 nitrogen and oxygen atoms in total. The molecular weight excluding hydrogens is 380 g/mol. The standard InChI is InChI=1S/C24H22N2O4/c27-22(25-21-12-6-10-18-9-4-5-11-20(18)21)16-30-24(29)19-13-23(28)26(15-19)14-17-7-2-1-3-8-17/h1-12,19H,13-16H2,(H,25,27)/t19-/m1/s1. The number of amides is 2. The molecule has 4 rings (SSSR count). The number of nitrogens with zero attached hydrogens (tertiary/aromatic N) is 1. The molecule has 0 spiro atoms. The Labute approximate surface area is 174 Å². The van der Waals surface area contributed by atoms with Gasteiger partial charge in [-0.05, 0) is 17.0 Å². The minimum atomic E-state index is -0.549. The van der Waals surface area contributed by atoms with E-state index in [2.05, 4.69) is 5.32 Å². The van der Waals surface area contributed by atoms with E-state index in [9.17, 15) is 14.4 Å². The van der Waals surface area contributed by atoms with Crippen molar-refractivity contribution in [3.05, 3.63) is 78.4 Å². The molecular formula is C24H22N2O4. The van der Waals surface area contributed by atoms with E-state index in [-0.39, 0.29) is 18.9 Å². The average molecular weight is 402 g/mol. The second kappa shape index (κ2) is 8.78. The number of carbonyl (C=O) groups excluding carboxylic acids is 3. The Hall–Kier alpha value is -3.67. The summed E-state index contributed by atoms with van der Waals surface area (Å²) < 4.78 is 5.19. The van der Waals surface area contributed by atoms with Gasteiger partial charge in [-0.1, -0.05) is 66.7 Å². The Kier molecular flexibility index (Phi) is 5.75. The monoisotopic (exact) mass is 402 g/mol. The predicted octanol–water partition coefficient (Wildman–Crippen LogP) is 3.37. The van der Waals surface area contributed by atoms with Crippen LogP contribution in [0.3, 0.4) is 0 Å². The van der Waals surface area contributed by atoms with Gasteiger partial charge in [-0.2, -0.15) is 0 Å². The van der Waals surface area contributed by atoms with Crippen molar-refractivity contribution < 1.29 is 19.1 Å². The summed E-state index contributed by atoms with van der Waals surface area (Å²) in [5, 5.41) is 4.71. The first-order valence-corrected chi connectivity index (χ1v) is 9.86. The Balaban J connectivity index is 1.30. The molecule has 3 aromatic carbocycles. The van der Waals surface area contributed by atoms with Crippen molar-refractivity contribution in [2.45, 2.75) is 13.0 Å². The number of carbonyl (C=O) groups is 3. The number of fused-ring (bicyclic) bond motifs is 1. The molecule has 1 fully saturated rings. The van der Waals surface area contributed by atoms with E-state index in [0.29, 0.717) is 18.8 Å². The Morgan fingerprint density at radius 2 is 1.70 bits per heavy atom. The van der Waals surface area contributed by atoms with Crippen LogP contribution in [-0.4, -0.2) is 35.8 Å². The first kappa shape index (κ1) is 19.6. The van der Waals surface area contributed by atoms with E-state index in [1.165, 1.54) is 0 Å². The third-order valence-corrected chi connectivity index (χ3v) is 5.17. The summed E-state index contributed by atoms with van der Waals surface area (Å²) in [5.41, 5.74) is 1.67.